The maximum Gasteiger partial charge on any atom is 0.224 e. The standard InChI is InChI=1S/C28H33FN4O2/c1-17-11-18(2)16-33(15-17)26-12-20(4)23-13-21(7-8-25(23)32-26)30-27(34)9-10-28(35)31-22-6-5-19(3)24(29)14-22/h5-8,12-14,17-18H,9-11,15-16H2,1-4H3,(H,30,34)(H,31,35)/t17-,18-/m0/s1. The zero-order valence-electron chi connectivity index (χ0n) is 20.8. The van der Waals surface area contributed by atoms with E-state index < -0.39 is 0 Å². The van der Waals surface area contributed by atoms with Crippen LogP contribution in [0.3, 0.4) is 0 Å². The molecule has 35 heavy (non-hydrogen) atoms. The number of pyridine rings is 1. The van der Waals surface area contributed by atoms with Crippen LogP contribution < -0.4 is 15.5 Å². The number of benzene rings is 2. The fourth-order valence-electron chi connectivity index (χ4n) is 4.81. The predicted molar refractivity (Wildman–Crippen MR) is 139 cm³/mol. The highest BCUT2D eigenvalue weighted by molar-refractivity contribution is 5.98. The fraction of sp³-hybridized carbons (Fsp3) is 0.393. The molecule has 1 aromatic heterocycles. The molecule has 0 spiro atoms. The number of hydrogen-bond donors (Lipinski definition) is 2. The zero-order chi connectivity index (χ0) is 25.1. The molecule has 1 saturated heterocycles. The summed E-state index contributed by atoms with van der Waals surface area (Å²) < 4.78 is 13.7. The highest BCUT2D eigenvalue weighted by Crippen LogP contribution is 2.29. The maximum atomic E-state index is 13.7. The van der Waals surface area contributed by atoms with Crippen LogP contribution in [-0.4, -0.2) is 29.9 Å². The number of amides is 2. The quantitative estimate of drug-likeness (QED) is 0.469. The van der Waals surface area contributed by atoms with Crippen molar-refractivity contribution in [2.24, 2.45) is 11.8 Å². The minimum absolute atomic E-state index is 0.00549. The summed E-state index contributed by atoms with van der Waals surface area (Å²) in [5, 5.41) is 6.49. The summed E-state index contributed by atoms with van der Waals surface area (Å²) in [7, 11) is 0. The molecule has 2 aromatic carbocycles. The first-order chi connectivity index (χ1) is 16.7. The van der Waals surface area contributed by atoms with Crippen LogP contribution in [0.5, 0.6) is 0 Å². The number of aryl methyl sites for hydroxylation is 2. The summed E-state index contributed by atoms with van der Waals surface area (Å²) in [6, 6.07) is 12.3. The van der Waals surface area contributed by atoms with E-state index in [1.165, 1.54) is 12.5 Å². The molecule has 4 rings (SSSR count). The van der Waals surface area contributed by atoms with Gasteiger partial charge in [-0.05, 0) is 79.6 Å². The van der Waals surface area contributed by atoms with Gasteiger partial charge in [0.25, 0.3) is 0 Å². The van der Waals surface area contributed by atoms with E-state index in [9.17, 15) is 14.0 Å². The van der Waals surface area contributed by atoms with Crippen LogP contribution >= 0.6 is 0 Å². The van der Waals surface area contributed by atoms with E-state index in [0.717, 1.165) is 35.4 Å². The largest absolute Gasteiger partial charge is 0.356 e. The van der Waals surface area contributed by atoms with Crippen molar-refractivity contribution >= 4 is 39.9 Å². The van der Waals surface area contributed by atoms with Crippen molar-refractivity contribution in [1.29, 1.82) is 0 Å². The van der Waals surface area contributed by atoms with Crippen molar-refractivity contribution < 1.29 is 14.0 Å². The van der Waals surface area contributed by atoms with Crippen LogP contribution in [0.25, 0.3) is 10.9 Å². The average Bonchev–Trinajstić information content (AvgIpc) is 2.80. The number of rotatable bonds is 6. The van der Waals surface area contributed by atoms with E-state index in [0.29, 0.717) is 28.8 Å². The molecule has 3 aromatic rings. The molecule has 0 saturated carbocycles. The summed E-state index contributed by atoms with van der Waals surface area (Å²) >= 11 is 0. The summed E-state index contributed by atoms with van der Waals surface area (Å²) in [6.07, 6.45) is 1.28. The molecule has 1 fully saturated rings. The summed E-state index contributed by atoms with van der Waals surface area (Å²) in [5.41, 5.74) is 3.56. The molecule has 2 N–H and O–H groups in total. The van der Waals surface area contributed by atoms with Gasteiger partial charge in [0.15, 0.2) is 0 Å². The third-order valence-electron chi connectivity index (χ3n) is 6.51. The van der Waals surface area contributed by atoms with Gasteiger partial charge in [0.05, 0.1) is 5.52 Å². The summed E-state index contributed by atoms with van der Waals surface area (Å²) in [4.78, 5) is 31.9. The number of piperidine rings is 1. The van der Waals surface area contributed by atoms with Gasteiger partial charge >= 0.3 is 0 Å². The lowest BCUT2D eigenvalue weighted by molar-refractivity contribution is -0.121. The van der Waals surface area contributed by atoms with Gasteiger partial charge in [-0.2, -0.15) is 0 Å². The van der Waals surface area contributed by atoms with Gasteiger partial charge in [-0.25, -0.2) is 9.37 Å². The van der Waals surface area contributed by atoms with Crippen LogP contribution in [0, 0.1) is 31.5 Å². The van der Waals surface area contributed by atoms with E-state index in [1.807, 2.05) is 18.2 Å². The lowest BCUT2D eigenvalue weighted by Gasteiger charge is -2.36. The number of fused-ring (bicyclic) bond motifs is 1. The number of nitrogens with one attached hydrogen (secondary N) is 2. The second kappa shape index (κ2) is 10.4. The number of carbonyl (C=O) groups is 2. The Morgan fingerprint density at radius 2 is 1.51 bits per heavy atom. The van der Waals surface area contributed by atoms with Crippen LogP contribution in [-0.2, 0) is 9.59 Å². The van der Waals surface area contributed by atoms with Gasteiger partial charge in [0.1, 0.15) is 11.6 Å². The van der Waals surface area contributed by atoms with Crippen LogP contribution in [0.2, 0.25) is 0 Å². The minimum atomic E-state index is -0.381. The number of carbonyl (C=O) groups excluding carboxylic acids is 2. The zero-order valence-corrected chi connectivity index (χ0v) is 20.8. The normalized spacial score (nSPS) is 17.9. The Bertz CT molecular complexity index is 1250. The molecule has 2 amide bonds. The molecule has 0 aliphatic carbocycles. The molecule has 6 nitrogen and oxygen atoms in total. The van der Waals surface area contributed by atoms with E-state index in [4.69, 9.17) is 4.98 Å². The fourth-order valence-corrected chi connectivity index (χ4v) is 4.81. The van der Waals surface area contributed by atoms with Gasteiger partial charge in [-0.15, -0.1) is 0 Å². The third-order valence-corrected chi connectivity index (χ3v) is 6.51. The molecule has 2 atom stereocenters. The highest BCUT2D eigenvalue weighted by Gasteiger charge is 2.23. The molecule has 0 bridgehead atoms. The first-order valence-corrected chi connectivity index (χ1v) is 12.2. The molecular weight excluding hydrogens is 443 g/mol. The van der Waals surface area contributed by atoms with Crippen molar-refractivity contribution in [3.8, 4) is 0 Å². The van der Waals surface area contributed by atoms with Crippen LogP contribution in [0.4, 0.5) is 21.6 Å². The van der Waals surface area contributed by atoms with Gasteiger partial charge in [-0.3, -0.25) is 9.59 Å². The van der Waals surface area contributed by atoms with E-state index in [2.05, 4.69) is 42.4 Å². The lowest BCUT2D eigenvalue weighted by atomic mass is 9.92. The SMILES string of the molecule is Cc1ccc(NC(=O)CCC(=O)Nc2ccc3nc(N4C[C@@H](C)C[C@H](C)C4)cc(C)c3c2)cc1F. The third kappa shape index (κ3) is 6.15. The average molecular weight is 477 g/mol. The number of anilines is 3. The highest BCUT2D eigenvalue weighted by atomic mass is 19.1. The maximum absolute atomic E-state index is 13.7. The van der Waals surface area contributed by atoms with Crippen LogP contribution in [0.1, 0.15) is 44.2 Å². The Labute approximate surface area is 205 Å². The summed E-state index contributed by atoms with van der Waals surface area (Å²) in [5.74, 6) is 1.32. The number of hydrogen-bond acceptors (Lipinski definition) is 4. The molecule has 7 heteroatoms. The molecule has 184 valence electrons. The molecule has 0 radical (unpaired) electrons. The monoisotopic (exact) mass is 476 g/mol. The van der Waals surface area contributed by atoms with Crippen molar-refractivity contribution in [2.75, 3.05) is 28.6 Å². The Balaban J connectivity index is 1.37. The Morgan fingerprint density at radius 3 is 2.14 bits per heavy atom. The molecular formula is C28H33FN4O2. The number of nitrogens with zero attached hydrogens (tertiary/aromatic N) is 2. The van der Waals surface area contributed by atoms with Crippen molar-refractivity contribution in [2.45, 2.75) is 47.0 Å². The lowest BCUT2D eigenvalue weighted by Crippen LogP contribution is -2.39. The second-order valence-electron chi connectivity index (χ2n) is 9.94. The number of aromatic nitrogens is 1. The Kier molecular flexibility index (Phi) is 7.34. The van der Waals surface area contributed by atoms with Crippen molar-refractivity contribution in [1.82, 2.24) is 4.98 Å². The van der Waals surface area contributed by atoms with E-state index >= 15 is 0 Å². The predicted octanol–water partition coefficient (Wildman–Crippen LogP) is 5.83. The molecule has 1 aliphatic heterocycles. The number of halogens is 1. The van der Waals surface area contributed by atoms with E-state index in [-0.39, 0.29) is 30.5 Å². The van der Waals surface area contributed by atoms with Gasteiger partial charge in [0.2, 0.25) is 11.8 Å². The topological polar surface area (TPSA) is 74.3 Å². The van der Waals surface area contributed by atoms with Gasteiger partial charge in [-0.1, -0.05) is 19.9 Å². The molecule has 1 aliphatic rings. The summed E-state index contributed by atoms with van der Waals surface area (Å²) in [6.45, 7) is 10.3. The van der Waals surface area contributed by atoms with Crippen molar-refractivity contribution in [3.05, 3.63) is 59.4 Å². The molecule has 0 unspecified atom stereocenters. The first kappa shape index (κ1) is 24.6. The minimum Gasteiger partial charge on any atom is -0.356 e. The van der Waals surface area contributed by atoms with Crippen LogP contribution in [0.15, 0.2) is 42.5 Å². The van der Waals surface area contributed by atoms with Crippen molar-refractivity contribution in [3.63, 3.8) is 0 Å². The smallest absolute Gasteiger partial charge is 0.224 e. The Hall–Kier alpha value is -3.48. The van der Waals surface area contributed by atoms with E-state index in [1.54, 1.807) is 19.1 Å². The Morgan fingerprint density at radius 1 is 0.914 bits per heavy atom. The first-order valence-electron chi connectivity index (χ1n) is 12.2. The van der Waals surface area contributed by atoms with Gasteiger partial charge < -0.3 is 15.5 Å². The molecule has 2 heterocycles. The second-order valence-corrected chi connectivity index (χ2v) is 9.94. The van der Waals surface area contributed by atoms with Gasteiger partial charge in [0, 0.05) is 42.7 Å².